The fourth-order valence-electron chi connectivity index (χ4n) is 4.54. The van der Waals surface area contributed by atoms with Gasteiger partial charge in [-0.25, -0.2) is 0 Å². The molecular weight excluding hydrogens is 438 g/mol. The molecule has 0 radical (unpaired) electrons. The molecule has 1 aliphatic carbocycles. The van der Waals surface area contributed by atoms with Crippen LogP contribution < -0.4 is 5.32 Å². The maximum absolute atomic E-state index is 12.5. The zero-order valence-electron chi connectivity index (χ0n) is 21.8. The van der Waals surface area contributed by atoms with Crippen molar-refractivity contribution in [2.45, 2.75) is 73.1 Å². The molecule has 0 saturated heterocycles. The van der Waals surface area contributed by atoms with Crippen molar-refractivity contribution in [3.05, 3.63) is 82.5 Å². The Morgan fingerprint density at radius 3 is 2.51 bits per heavy atom. The van der Waals surface area contributed by atoms with E-state index in [0.717, 1.165) is 11.1 Å². The van der Waals surface area contributed by atoms with Gasteiger partial charge in [0, 0.05) is 11.8 Å². The summed E-state index contributed by atoms with van der Waals surface area (Å²) in [5.74, 6) is -2.22. The van der Waals surface area contributed by atoms with Crippen LogP contribution in [0.25, 0.3) is 0 Å². The van der Waals surface area contributed by atoms with E-state index in [4.69, 9.17) is 0 Å². The lowest BCUT2D eigenvalue weighted by Crippen LogP contribution is -2.19. The van der Waals surface area contributed by atoms with Crippen molar-refractivity contribution in [1.29, 1.82) is 0 Å². The second-order valence-corrected chi connectivity index (χ2v) is 9.98. The van der Waals surface area contributed by atoms with Gasteiger partial charge in [-0.15, -0.1) is 0 Å². The maximum atomic E-state index is 12.5. The van der Waals surface area contributed by atoms with Crippen LogP contribution in [0.1, 0.15) is 78.7 Å². The molecule has 0 aliphatic heterocycles. The summed E-state index contributed by atoms with van der Waals surface area (Å²) in [5.41, 5.74) is 5.74. The van der Waals surface area contributed by atoms with Crippen LogP contribution in [-0.4, -0.2) is 22.1 Å². The van der Waals surface area contributed by atoms with Crippen molar-refractivity contribution in [3.63, 3.8) is 0 Å². The highest BCUT2D eigenvalue weighted by atomic mass is 16.4. The molecular formula is C30H39NO4. The predicted octanol–water partition coefficient (Wildman–Crippen LogP) is 7.44. The Bertz CT molecular complexity index is 1100. The van der Waals surface area contributed by atoms with Gasteiger partial charge in [0.2, 0.25) is 5.91 Å². The van der Waals surface area contributed by atoms with Crippen molar-refractivity contribution < 1.29 is 19.8 Å². The summed E-state index contributed by atoms with van der Waals surface area (Å²) in [6, 6.07) is 4.34. The number of hydrogen-bond donors (Lipinski definition) is 3. The van der Waals surface area contributed by atoms with Crippen LogP contribution in [0.5, 0.6) is 5.75 Å². The number of phenols is 1. The number of nitrogens with one attached hydrogen (secondary N) is 1. The summed E-state index contributed by atoms with van der Waals surface area (Å²) in [6.45, 7) is 12.5. The number of hydrogen-bond acceptors (Lipinski definition) is 3. The van der Waals surface area contributed by atoms with Crippen molar-refractivity contribution in [2.75, 3.05) is 5.32 Å². The largest absolute Gasteiger partial charge is 0.508 e. The fraction of sp³-hybridized carbons (Fsp3) is 0.400. The van der Waals surface area contributed by atoms with E-state index in [1.54, 1.807) is 6.92 Å². The first-order chi connectivity index (χ1) is 16.4. The van der Waals surface area contributed by atoms with Crippen molar-refractivity contribution >= 4 is 17.6 Å². The first-order valence-corrected chi connectivity index (χ1v) is 12.2. The molecule has 1 atom stereocenters. The van der Waals surface area contributed by atoms with Gasteiger partial charge in [0.25, 0.3) is 0 Å². The minimum Gasteiger partial charge on any atom is -0.508 e. The van der Waals surface area contributed by atoms with Gasteiger partial charge in [-0.2, -0.15) is 0 Å². The van der Waals surface area contributed by atoms with Gasteiger partial charge in [-0.1, -0.05) is 62.3 Å². The highest BCUT2D eigenvalue weighted by Gasteiger charge is 2.26. The summed E-state index contributed by atoms with van der Waals surface area (Å²) in [6.07, 6.45) is 15.6. The Hall–Kier alpha value is -3.34. The van der Waals surface area contributed by atoms with Crippen LogP contribution in [0.2, 0.25) is 0 Å². The first kappa shape index (κ1) is 27.9. The van der Waals surface area contributed by atoms with Crippen molar-refractivity contribution in [3.8, 4) is 5.75 Å². The molecule has 1 aromatic carbocycles. The standard InChI is InChI=1S/C30H39NO4/c1-7-24(29(34)35)25-19-23(32)14-16-27(25)31-28(33)18-21(3)11-8-10-20(2)13-15-26-22(4)12-9-17-30(26,5)6/h8,10-11,13-16,18-19,24,32H,7,9,12,17H2,1-6H3,(H,31,33)(H,34,35)/b11-8+,15-13+,20-10+,21-18+. The molecule has 2 rings (SSSR count). The highest BCUT2D eigenvalue weighted by molar-refractivity contribution is 6.01. The monoisotopic (exact) mass is 477 g/mol. The number of carboxylic acids is 1. The van der Waals surface area contributed by atoms with Gasteiger partial charge in [-0.3, -0.25) is 9.59 Å². The molecule has 1 aromatic rings. The van der Waals surface area contributed by atoms with Crippen LogP contribution >= 0.6 is 0 Å². The van der Waals surface area contributed by atoms with Gasteiger partial charge < -0.3 is 15.5 Å². The van der Waals surface area contributed by atoms with E-state index in [9.17, 15) is 19.8 Å². The van der Waals surface area contributed by atoms with E-state index in [2.05, 4.69) is 45.2 Å². The Kier molecular flexibility index (Phi) is 9.88. The number of carbonyl (C=O) groups is 2. The van der Waals surface area contributed by atoms with E-state index < -0.39 is 11.9 Å². The normalized spacial score (nSPS) is 17.8. The molecule has 0 saturated carbocycles. The lowest BCUT2D eigenvalue weighted by atomic mass is 9.72. The minimum atomic E-state index is -1.00. The number of aromatic hydroxyl groups is 1. The third-order valence-electron chi connectivity index (χ3n) is 6.51. The van der Waals surface area contributed by atoms with E-state index in [0.29, 0.717) is 17.7 Å². The zero-order chi connectivity index (χ0) is 26.2. The van der Waals surface area contributed by atoms with Crippen LogP contribution in [0.15, 0.2) is 76.9 Å². The molecule has 5 heteroatoms. The zero-order valence-corrected chi connectivity index (χ0v) is 21.8. The second-order valence-electron chi connectivity index (χ2n) is 9.98. The lowest BCUT2D eigenvalue weighted by molar-refractivity contribution is -0.138. The number of rotatable bonds is 9. The molecule has 0 bridgehead atoms. The number of aliphatic carboxylic acids is 1. The van der Waals surface area contributed by atoms with Crippen molar-refractivity contribution in [1.82, 2.24) is 0 Å². The number of benzene rings is 1. The summed E-state index contributed by atoms with van der Waals surface area (Å²) in [5, 5.41) is 22.0. The van der Waals surface area contributed by atoms with Gasteiger partial charge >= 0.3 is 5.97 Å². The van der Waals surface area contributed by atoms with Crippen LogP contribution in [0.4, 0.5) is 5.69 Å². The van der Waals surface area contributed by atoms with Gasteiger partial charge in [0.15, 0.2) is 0 Å². The Morgan fingerprint density at radius 1 is 1.17 bits per heavy atom. The van der Waals surface area contributed by atoms with E-state index in [1.807, 2.05) is 25.2 Å². The smallest absolute Gasteiger partial charge is 0.311 e. The molecule has 0 aromatic heterocycles. The number of carbonyl (C=O) groups excluding carboxylic acids is 1. The molecule has 1 amide bonds. The number of amides is 1. The van der Waals surface area contributed by atoms with Crippen molar-refractivity contribution in [2.24, 2.45) is 5.41 Å². The van der Waals surface area contributed by atoms with Gasteiger partial charge in [0.1, 0.15) is 5.75 Å². The minimum absolute atomic E-state index is 0.0398. The molecule has 0 fully saturated rings. The quantitative estimate of drug-likeness (QED) is 0.196. The second kappa shape index (κ2) is 12.4. The molecule has 5 nitrogen and oxygen atoms in total. The molecule has 1 unspecified atom stereocenters. The fourth-order valence-corrected chi connectivity index (χ4v) is 4.54. The topological polar surface area (TPSA) is 86.6 Å². The van der Waals surface area contributed by atoms with Crippen LogP contribution in [0, 0.1) is 5.41 Å². The Labute approximate surface area is 209 Å². The van der Waals surface area contributed by atoms with Crippen LogP contribution in [0.3, 0.4) is 0 Å². The summed E-state index contributed by atoms with van der Waals surface area (Å²) in [4.78, 5) is 24.1. The molecule has 188 valence electrons. The molecule has 0 heterocycles. The first-order valence-electron chi connectivity index (χ1n) is 12.2. The third kappa shape index (κ3) is 8.13. The lowest BCUT2D eigenvalue weighted by Gasteiger charge is -2.32. The molecule has 3 N–H and O–H groups in total. The highest BCUT2D eigenvalue weighted by Crippen LogP contribution is 2.40. The molecule has 1 aliphatic rings. The number of allylic oxidation sites excluding steroid dienone is 9. The predicted molar refractivity (Wildman–Crippen MR) is 144 cm³/mol. The van der Waals surface area contributed by atoms with Crippen LogP contribution in [-0.2, 0) is 9.59 Å². The third-order valence-corrected chi connectivity index (χ3v) is 6.51. The summed E-state index contributed by atoms with van der Waals surface area (Å²) in [7, 11) is 0. The van der Waals surface area contributed by atoms with Gasteiger partial charge in [-0.05, 0) is 86.8 Å². The maximum Gasteiger partial charge on any atom is 0.311 e. The Balaban J connectivity index is 2.08. The Morgan fingerprint density at radius 2 is 1.89 bits per heavy atom. The average Bonchev–Trinajstić information content (AvgIpc) is 2.75. The molecule has 35 heavy (non-hydrogen) atoms. The van der Waals surface area contributed by atoms with E-state index in [-0.39, 0.29) is 17.1 Å². The number of phenolic OH excluding ortho intramolecular Hbond substituents is 1. The van der Waals surface area contributed by atoms with E-state index >= 15 is 0 Å². The average molecular weight is 478 g/mol. The number of carboxylic acid groups (broad SMARTS) is 1. The summed E-state index contributed by atoms with van der Waals surface area (Å²) < 4.78 is 0. The van der Waals surface area contributed by atoms with Gasteiger partial charge in [0.05, 0.1) is 5.92 Å². The van der Waals surface area contributed by atoms with E-state index in [1.165, 1.54) is 54.7 Å². The molecule has 0 spiro atoms. The summed E-state index contributed by atoms with van der Waals surface area (Å²) >= 11 is 0. The SMILES string of the molecule is CCC(C(=O)O)c1cc(O)ccc1NC(=O)/C=C(C)/C=C/C=C(C)/C=C/C1=C(C)CCCC1(C)C. The number of anilines is 1.